The maximum Gasteiger partial charge on any atom is 0.227 e. The number of carbonyl (C=O) groups is 1. The summed E-state index contributed by atoms with van der Waals surface area (Å²) in [5.41, 5.74) is 4.31. The van der Waals surface area contributed by atoms with E-state index in [1.54, 1.807) is 6.26 Å². The first-order valence-electron chi connectivity index (χ1n) is 9.05. The van der Waals surface area contributed by atoms with Crippen molar-refractivity contribution in [1.82, 2.24) is 10.2 Å². The summed E-state index contributed by atoms with van der Waals surface area (Å²) >= 11 is 0. The van der Waals surface area contributed by atoms with Crippen LogP contribution in [0, 0.1) is 19.8 Å². The second kappa shape index (κ2) is 7.39. The molecule has 1 aliphatic rings. The lowest BCUT2D eigenvalue weighted by Gasteiger charge is -2.32. The predicted octanol–water partition coefficient (Wildman–Crippen LogP) is 3.44. The van der Waals surface area contributed by atoms with Crippen molar-refractivity contribution < 1.29 is 9.21 Å². The van der Waals surface area contributed by atoms with Gasteiger partial charge in [-0.3, -0.25) is 4.79 Å². The Kier molecular flexibility index (Phi) is 5.24. The van der Waals surface area contributed by atoms with Gasteiger partial charge in [-0.05, 0) is 56.8 Å². The molecule has 0 radical (unpaired) electrons. The van der Waals surface area contributed by atoms with Crippen LogP contribution in [0.15, 0.2) is 22.8 Å². The Labute approximate surface area is 144 Å². The van der Waals surface area contributed by atoms with Crippen molar-refractivity contribution in [3.05, 3.63) is 35.1 Å². The molecule has 24 heavy (non-hydrogen) atoms. The van der Waals surface area contributed by atoms with Gasteiger partial charge in [-0.1, -0.05) is 19.1 Å². The van der Waals surface area contributed by atoms with Gasteiger partial charge in [0.1, 0.15) is 5.58 Å². The molecule has 2 aromatic rings. The molecular formula is C20H28N2O2. The van der Waals surface area contributed by atoms with Crippen molar-refractivity contribution >= 4 is 16.9 Å². The number of aryl methyl sites for hydroxylation is 2. The summed E-state index contributed by atoms with van der Waals surface area (Å²) in [7, 11) is 0. The summed E-state index contributed by atoms with van der Waals surface area (Å²) in [6.45, 7) is 10.1. The fraction of sp³-hybridized carbons (Fsp3) is 0.550. The minimum Gasteiger partial charge on any atom is -0.464 e. The second-order valence-electron chi connectivity index (χ2n) is 6.95. The Bertz CT molecular complexity index is 712. The number of hydrogen-bond donors (Lipinski definition) is 1. The molecular weight excluding hydrogens is 300 g/mol. The average molecular weight is 328 g/mol. The second-order valence-corrected chi connectivity index (χ2v) is 6.95. The largest absolute Gasteiger partial charge is 0.464 e. The summed E-state index contributed by atoms with van der Waals surface area (Å²) in [5, 5.41) is 4.49. The van der Waals surface area contributed by atoms with E-state index in [0.29, 0.717) is 12.3 Å². The van der Waals surface area contributed by atoms with Crippen LogP contribution in [0.25, 0.3) is 11.0 Å². The fourth-order valence-corrected chi connectivity index (χ4v) is 3.53. The number of nitrogens with one attached hydrogen (secondary N) is 1. The first-order chi connectivity index (χ1) is 11.6. The Morgan fingerprint density at radius 2 is 2.04 bits per heavy atom. The van der Waals surface area contributed by atoms with E-state index in [-0.39, 0.29) is 5.91 Å². The van der Waals surface area contributed by atoms with Crippen molar-refractivity contribution in [2.24, 2.45) is 5.92 Å². The van der Waals surface area contributed by atoms with Crippen LogP contribution in [0.3, 0.4) is 0 Å². The number of carbonyl (C=O) groups excluding carboxylic acids is 1. The van der Waals surface area contributed by atoms with E-state index in [4.69, 9.17) is 4.42 Å². The molecule has 130 valence electrons. The highest BCUT2D eigenvalue weighted by atomic mass is 16.3. The maximum absolute atomic E-state index is 12.7. The number of benzene rings is 1. The van der Waals surface area contributed by atoms with E-state index in [1.807, 2.05) is 4.90 Å². The predicted molar refractivity (Wildman–Crippen MR) is 97.2 cm³/mol. The van der Waals surface area contributed by atoms with Crippen molar-refractivity contribution in [2.75, 3.05) is 26.2 Å². The van der Waals surface area contributed by atoms with Crippen molar-refractivity contribution in [2.45, 2.75) is 40.0 Å². The lowest BCUT2D eigenvalue weighted by atomic mass is 9.96. The molecule has 1 fully saturated rings. The van der Waals surface area contributed by atoms with E-state index in [0.717, 1.165) is 61.1 Å². The Morgan fingerprint density at radius 1 is 1.29 bits per heavy atom. The average Bonchev–Trinajstić information content (AvgIpc) is 3.00. The highest BCUT2D eigenvalue weighted by Gasteiger charge is 2.23. The number of amides is 1. The molecule has 1 N–H and O–H groups in total. The van der Waals surface area contributed by atoms with E-state index in [2.05, 4.69) is 38.2 Å². The van der Waals surface area contributed by atoms with Gasteiger partial charge < -0.3 is 14.6 Å². The van der Waals surface area contributed by atoms with Gasteiger partial charge in [0.2, 0.25) is 5.91 Å². The lowest BCUT2D eigenvalue weighted by Crippen LogP contribution is -2.41. The quantitative estimate of drug-likeness (QED) is 0.914. The van der Waals surface area contributed by atoms with Gasteiger partial charge in [0, 0.05) is 24.0 Å². The number of piperidine rings is 1. The third-order valence-corrected chi connectivity index (χ3v) is 5.33. The molecule has 0 unspecified atom stereocenters. The van der Waals surface area contributed by atoms with E-state index in [9.17, 15) is 4.79 Å². The third-order valence-electron chi connectivity index (χ3n) is 5.33. The Morgan fingerprint density at radius 3 is 2.75 bits per heavy atom. The molecule has 1 saturated heterocycles. The fourth-order valence-electron chi connectivity index (χ4n) is 3.53. The third kappa shape index (κ3) is 3.48. The minimum atomic E-state index is 0.220. The van der Waals surface area contributed by atoms with Crippen LogP contribution >= 0.6 is 0 Å². The van der Waals surface area contributed by atoms with E-state index < -0.39 is 0 Å². The molecule has 2 heterocycles. The van der Waals surface area contributed by atoms with Gasteiger partial charge in [0.25, 0.3) is 0 Å². The van der Waals surface area contributed by atoms with Gasteiger partial charge in [-0.2, -0.15) is 0 Å². The minimum absolute atomic E-state index is 0.220. The molecule has 1 aromatic carbocycles. The smallest absolute Gasteiger partial charge is 0.227 e. The number of likely N-dealkylation sites (tertiary alicyclic amines) is 1. The van der Waals surface area contributed by atoms with Crippen molar-refractivity contribution in [1.29, 1.82) is 0 Å². The summed E-state index contributed by atoms with van der Waals surface area (Å²) in [6.07, 6.45) is 4.40. The van der Waals surface area contributed by atoms with Crippen LogP contribution in [0.2, 0.25) is 0 Å². The number of furan rings is 1. The molecule has 1 amide bonds. The normalized spacial score (nSPS) is 16.0. The molecule has 4 heteroatoms. The Balaban J connectivity index is 1.63. The van der Waals surface area contributed by atoms with Crippen LogP contribution < -0.4 is 5.32 Å². The highest BCUT2D eigenvalue weighted by Crippen LogP contribution is 2.27. The number of fused-ring (bicyclic) bond motifs is 1. The summed E-state index contributed by atoms with van der Waals surface area (Å²) in [5.74, 6) is 0.923. The summed E-state index contributed by atoms with van der Waals surface area (Å²) < 4.78 is 5.73. The lowest BCUT2D eigenvalue weighted by molar-refractivity contribution is -0.131. The molecule has 3 rings (SSSR count). The summed E-state index contributed by atoms with van der Waals surface area (Å²) in [4.78, 5) is 14.7. The highest BCUT2D eigenvalue weighted by molar-refractivity contribution is 5.89. The van der Waals surface area contributed by atoms with Crippen molar-refractivity contribution in [3.8, 4) is 0 Å². The van der Waals surface area contributed by atoms with Crippen LogP contribution in [-0.2, 0) is 11.2 Å². The van der Waals surface area contributed by atoms with Crippen LogP contribution in [0.1, 0.15) is 36.5 Å². The zero-order chi connectivity index (χ0) is 17.1. The first-order valence-corrected chi connectivity index (χ1v) is 9.05. The number of nitrogens with zero attached hydrogens (tertiary/aromatic N) is 1. The SMILES string of the molecule is CCNCC1CCN(C(=O)Cc2coc3c(C)c(C)ccc23)CC1. The molecule has 0 spiro atoms. The summed E-state index contributed by atoms with van der Waals surface area (Å²) in [6, 6.07) is 4.18. The van der Waals surface area contributed by atoms with Gasteiger partial charge >= 0.3 is 0 Å². The van der Waals surface area contributed by atoms with E-state index in [1.165, 1.54) is 5.56 Å². The van der Waals surface area contributed by atoms with Gasteiger partial charge in [-0.15, -0.1) is 0 Å². The Hall–Kier alpha value is -1.81. The molecule has 4 nitrogen and oxygen atoms in total. The van der Waals surface area contributed by atoms with Crippen LogP contribution in [0.5, 0.6) is 0 Å². The monoisotopic (exact) mass is 328 g/mol. The molecule has 0 saturated carbocycles. The molecule has 0 bridgehead atoms. The van der Waals surface area contributed by atoms with Crippen LogP contribution in [-0.4, -0.2) is 37.0 Å². The molecule has 0 atom stereocenters. The molecule has 0 aliphatic carbocycles. The number of rotatable bonds is 5. The standard InChI is InChI=1S/C20H28N2O2/c1-4-21-12-16-7-9-22(10-8-16)19(23)11-17-13-24-20-15(3)14(2)5-6-18(17)20/h5-6,13,16,21H,4,7-12H2,1-3H3. The zero-order valence-corrected chi connectivity index (χ0v) is 15.0. The van der Waals surface area contributed by atoms with Crippen LogP contribution in [0.4, 0.5) is 0 Å². The van der Waals surface area contributed by atoms with Gasteiger partial charge in [0.05, 0.1) is 12.7 Å². The topological polar surface area (TPSA) is 45.5 Å². The number of hydrogen-bond acceptors (Lipinski definition) is 3. The van der Waals surface area contributed by atoms with E-state index >= 15 is 0 Å². The van der Waals surface area contributed by atoms with Gasteiger partial charge in [0.15, 0.2) is 0 Å². The molecule has 1 aromatic heterocycles. The maximum atomic E-state index is 12.7. The van der Waals surface area contributed by atoms with Crippen molar-refractivity contribution in [3.63, 3.8) is 0 Å². The first kappa shape index (κ1) is 17.0. The zero-order valence-electron chi connectivity index (χ0n) is 15.0. The van der Waals surface area contributed by atoms with Gasteiger partial charge in [-0.25, -0.2) is 0 Å². The molecule has 1 aliphatic heterocycles.